The van der Waals surface area contributed by atoms with Crippen LogP contribution in [0.2, 0.25) is 0 Å². The minimum absolute atomic E-state index is 0.0437. The molecule has 5 heteroatoms. The summed E-state index contributed by atoms with van der Waals surface area (Å²) in [6.45, 7) is -0.324. The molecule has 0 aliphatic carbocycles. The van der Waals surface area contributed by atoms with Crippen LogP contribution in [-0.4, -0.2) is 35.4 Å². The van der Waals surface area contributed by atoms with Crippen molar-refractivity contribution in [2.75, 3.05) is 18.9 Å². The number of hydrogen-bond acceptors (Lipinski definition) is 4. The standard InChI is InChI=1S/C11H16N2O3/c12-10-4-2-1-3-8(10)5-11(16)13-6-9(15)7-14/h1-4,9,14-15H,5-7,12H2,(H,13,16). The summed E-state index contributed by atoms with van der Waals surface area (Å²) in [5, 5.41) is 20.1. The van der Waals surface area contributed by atoms with Gasteiger partial charge in [-0.25, -0.2) is 0 Å². The Kier molecular flexibility index (Phi) is 4.75. The number of para-hydroxylation sites is 1. The number of benzene rings is 1. The predicted molar refractivity (Wildman–Crippen MR) is 60.7 cm³/mol. The molecular formula is C11H16N2O3. The van der Waals surface area contributed by atoms with Crippen LogP contribution in [0.4, 0.5) is 5.69 Å². The van der Waals surface area contributed by atoms with E-state index in [4.69, 9.17) is 15.9 Å². The van der Waals surface area contributed by atoms with E-state index in [0.29, 0.717) is 5.69 Å². The smallest absolute Gasteiger partial charge is 0.224 e. The van der Waals surface area contributed by atoms with Crippen LogP contribution >= 0.6 is 0 Å². The van der Waals surface area contributed by atoms with E-state index >= 15 is 0 Å². The summed E-state index contributed by atoms with van der Waals surface area (Å²) in [5.41, 5.74) is 7.00. The fourth-order valence-electron chi connectivity index (χ4n) is 1.23. The van der Waals surface area contributed by atoms with Crippen molar-refractivity contribution in [2.24, 2.45) is 0 Å². The minimum atomic E-state index is -0.919. The molecule has 1 amide bonds. The molecule has 0 aliphatic heterocycles. The molecule has 0 heterocycles. The molecular weight excluding hydrogens is 208 g/mol. The Bertz CT molecular complexity index is 355. The van der Waals surface area contributed by atoms with E-state index in [1.165, 1.54) is 0 Å². The second-order valence-electron chi connectivity index (χ2n) is 3.52. The SMILES string of the molecule is Nc1ccccc1CC(=O)NCC(O)CO. The molecule has 0 fully saturated rings. The van der Waals surface area contributed by atoms with Crippen molar-refractivity contribution < 1.29 is 15.0 Å². The van der Waals surface area contributed by atoms with Crippen molar-refractivity contribution in [3.05, 3.63) is 29.8 Å². The van der Waals surface area contributed by atoms with E-state index in [1.54, 1.807) is 18.2 Å². The highest BCUT2D eigenvalue weighted by Gasteiger charge is 2.07. The zero-order valence-electron chi connectivity index (χ0n) is 8.89. The van der Waals surface area contributed by atoms with Gasteiger partial charge in [0.2, 0.25) is 5.91 Å². The number of aliphatic hydroxyl groups excluding tert-OH is 2. The fourth-order valence-corrected chi connectivity index (χ4v) is 1.23. The number of rotatable bonds is 5. The Morgan fingerprint density at radius 2 is 2.12 bits per heavy atom. The van der Waals surface area contributed by atoms with Crippen LogP contribution in [0.25, 0.3) is 0 Å². The molecule has 1 atom stereocenters. The van der Waals surface area contributed by atoms with Crippen molar-refractivity contribution in [2.45, 2.75) is 12.5 Å². The Morgan fingerprint density at radius 1 is 1.44 bits per heavy atom. The third kappa shape index (κ3) is 3.88. The van der Waals surface area contributed by atoms with Gasteiger partial charge >= 0.3 is 0 Å². The van der Waals surface area contributed by atoms with Crippen molar-refractivity contribution >= 4 is 11.6 Å². The number of amides is 1. The predicted octanol–water partition coefficient (Wildman–Crippen LogP) is -0.719. The largest absolute Gasteiger partial charge is 0.398 e. The maximum Gasteiger partial charge on any atom is 0.224 e. The van der Waals surface area contributed by atoms with Crippen molar-refractivity contribution in [3.8, 4) is 0 Å². The maximum atomic E-state index is 11.4. The van der Waals surface area contributed by atoms with Gasteiger partial charge in [0.1, 0.15) is 0 Å². The first kappa shape index (κ1) is 12.5. The molecule has 1 unspecified atom stereocenters. The zero-order valence-corrected chi connectivity index (χ0v) is 8.89. The second kappa shape index (κ2) is 6.09. The van der Waals surface area contributed by atoms with E-state index in [2.05, 4.69) is 5.32 Å². The first-order valence-electron chi connectivity index (χ1n) is 5.02. The Hall–Kier alpha value is -1.59. The van der Waals surface area contributed by atoms with Crippen LogP contribution in [0, 0.1) is 0 Å². The highest BCUT2D eigenvalue weighted by atomic mass is 16.3. The van der Waals surface area contributed by atoms with E-state index in [9.17, 15) is 4.79 Å². The lowest BCUT2D eigenvalue weighted by atomic mass is 10.1. The molecule has 5 N–H and O–H groups in total. The molecule has 1 rings (SSSR count). The third-order valence-corrected chi connectivity index (χ3v) is 2.15. The lowest BCUT2D eigenvalue weighted by Crippen LogP contribution is -2.34. The third-order valence-electron chi connectivity index (χ3n) is 2.15. The number of carbonyl (C=O) groups is 1. The van der Waals surface area contributed by atoms with E-state index in [-0.39, 0.29) is 25.5 Å². The number of nitrogens with one attached hydrogen (secondary N) is 1. The summed E-state index contributed by atoms with van der Waals surface area (Å²) in [5.74, 6) is -0.231. The van der Waals surface area contributed by atoms with Gasteiger partial charge in [-0.3, -0.25) is 4.79 Å². The van der Waals surface area contributed by atoms with Gasteiger partial charge in [-0.2, -0.15) is 0 Å². The zero-order chi connectivity index (χ0) is 12.0. The van der Waals surface area contributed by atoms with Crippen LogP contribution in [-0.2, 0) is 11.2 Å². The van der Waals surface area contributed by atoms with Crippen LogP contribution in [0.15, 0.2) is 24.3 Å². The van der Waals surface area contributed by atoms with E-state index in [1.807, 2.05) is 6.07 Å². The molecule has 1 aromatic carbocycles. The minimum Gasteiger partial charge on any atom is -0.398 e. The molecule has 1 aromatic rings. The molecule has 0 spiro atoms. The van der Waals surface area contributed by atoms with Gasteiger partial charge in [-0.05, 0) is 11.6 Å². The first-order chi connectivity index (χ1) is 7.63. The highest BCUT2D eigenvalue weighted by Crippen LogP contribution is 2.10. The van der Waals surface area contributed by atoms with E-state index in [0.717, 1.165) is 5.56 Å². The quantitative estimate of drug-likeness (QED) is 0.496. The van der Waals surface area contributed by atoms with Gasteiger partial charge in [-0.15, -0.1) is 0 Å². The highest BCUT2D eigenvalue weighted by molar-refractivity contribution is 5.80. The van der Waals surface area contributed by atoms with Gasteiger partial charge in [0.05, 0.1) is 19.1 Å². The molecule has 0 saturated carbocycles. The summed E-state index contributed by atoms with van der Waals surface area (Å²) in [6.07, 6.45) is -0.748. The Labute approximate surface area is 93.9 Å². The maximum absolute atomic E-state index is 11.4. The topological polar surface area (TPSA) is 95.6 Å². The van der Waals surface area contributed by atoms with Crippen molar-refractivity contribution in [1.82, 2.24) is 5.32 Å². The average molecular weight is 224 g/mol. The summed E-state index contributed by atoms with van der Waals surface area (Å²) in [6, 6.07) is 7.11. The van der Waals surface area contributed by atoms with Gasteiger partial charge in [-0.1, -0.05) is 18.2 Å². The summed E-state index contributed by atoms with van der Waals surface area (Å²) in [4.78, 5) is 11.4. The van der Waals surface area contributed by atoms with Gasteiger partial charge in [0.25, 0.3) is 0 Å². The number of nitrogens with two attached hydrogens (primary N) is 1. The second-order valence-corrected chi connectivity index (χ2v) is 3.52. The number of aliphatic hydroxyl groups is 2. The van der Waals surface area contributed by atoms with Gasteiger partial charge in [0.15, 0.2) is 0 Å². The van der Waals surface area contributed by atoms with Gasteiger partial charge < -0.3 is 21.3 Å². The molecule has 16 heavy (non-hydrogen) atoms. The monoisotopic (exact) mass is 224 g/mol. The number of carbonyl (C=O) groups excluding carboxylic acids is 1. The molecule has 0 aromatic heterocycles. The molecule has 0 aliphatic rings. The molecule has 0 bridgehead atoms. The molecule has 88 valence electrons. The lowest BCUT2D eigenvalue weighted by Gasteiger charge is -2.09. The number of nitrogen functional groups attached to an aromatic ring is 1. The molecule has 0 saturated heterocycles. The Morgan fingerprint density at radius 3 is 2.75 bits per heavy atom. The van der Waals surface area contributed by atoms with Crippen LogP contribution in [0.5, 0.6) is 0 Å². The number of hydrogen-bond donors (Lipinski definition) is 4. The first-order valence-corrected chi connectivity index (χ1v) is 5.02. The van der Waals surface area contributed by atoms with E-state index < -0.39 is 6.10 Å². The molecule has 5 nitrogen and oxygen atoms in total. The lowest BCUT2D eigenvalue weighted by molar-refractivity contribution is -0.121. The van der Waals surface area contributed by atoms with Gasteiger partial charge in [0, 0.05) is 12.2 Å². The summed E-state index contributed by atoms with van der Waals surface area (Å²) in [7, 11) is 0. The van der Waals surface area contributed by atoms with Crippen molar-refractivity contribution in [1.29, 1.82) is 0 Å². The summed E-state index contributed by atoms with van der Waals surface area (Å²) >= 11 is 0. The van der Waals surface area contributed by atoms with Crippen molar-refractivity contribution in [3.63, 3.8) is 0 Å². The molecule has 0 radical (unpaired) electrons. The fraction of sp³-hybridized carbons (Fsp3) is 0.364. The van der Waals surface area contributed by atoms with Crippen LogP contribution in [0.3, 0.4) is 0 Å². The normalized spacial score (nSPS) is 12.1. The van der Waals surface area contributed by atoms with Crippen LogP contribution < -0.4 is 11.1 Å². The average Bonchev–Trinajstić information content (AvgIpc) is 2.29. The Balaban J connectivity index is 2.43. The van der Waals surface area contributed by atoms with Crippen LogP contribution in [0.1, 0.15) is 5.56 Å². The number of anilines is 1. The summed E-state index contributed by atoms with van der Waals surface area (Å²) < 4.78 is 0.